The first-order valence-electron chi connectivity index (χ1n) is 8.61. The summed E-state index contributed by atoms with van der Waals surface area (Å²) >= 11 is 0. The first-order chi connectivity index (χ1) is 11.7. The van der Waals surface area contributed by atoms with Crippen molar-refractivity contribution in [3.63, 3.8) is 0 Å². The monoisotopic (exact) mass is 320 g/mol. The van der Waals surface area contributed by atoms with Gasteiger partial charge in [0.15, 0.2) is 0 Å². The zero-order chi connectivity index (χ0) is 16.8. The summed E-state index contributed by atoms with van der Waals surface area (Å²) in [6.07, 6.45) is 5.21. The molecule has 0 atom stereocenters. The summed E-state index contributed by atoms with van der Waals surface area (Å²) in [6, 6.07) is 18.4. The molecule has 0 fully saturated rings. The minimum Gasteiger partial charge on any atom is -0.284 e. The SMILES string of the molecule is CCc1ccc(C(=O)NN2CC=C(Cc3ccccc3)CC2)cc1. The minimum absolute atomic E-state index is 0.0300. The van der Waals surface area contributed by atoms with Crippen LogP contribution >= 0.6 is 0 Å². The quantitative estimate of drug-likeness (QED) is 0.851. The highest BCUT2D eigenvalue weighted by atomic mass is 16.2. The van der Waals surface area contributed by atoms with Gasteiger partial charge in [-0.25, -0.2) is 5.01 Å². The molecule has 0 saturated carbocycles. The molecule has 0 aromatic heterocycles. The Balaban J connectivity index is 1.53. The van der Waals surface area contributed by atoms with Crippen molar-refractivity contribution < 1.29 is 4.79 Å². The molecule has 0 unspecified atom stereocenters. The van der Waals surface area contributed by atoms with Gasteiger partial charge < -0.3 is 0 Å². The number of hydrazine groups is 1. The van der Waals surface area contributed by atoms with E-state index in [1.54, 1.807) is 0 Å². The van der Waals surface area contributed by atoms with Crippen LogP contribution in [0, 0.1) is 0 Å². The number of carbonyl (C=O) groups is 1. The lowest BCUT2D eigenvalue weighted by Crippen LogP contribution is -2.44. The van der Waals surface area contributed by atoms with E-state index in [1.165, 1.54) is 16.7 Å². The van der Waals surface area contributed by atoms with Crippen molar-refractivity contribution in [2.75, 3.05) is 13.1 Å². The molecule has 2 aromatic rings. The van der Waals surface area contributed by atoms with Crippen molar-refractivity contribution in [1.29, 1.82) is 0 Å². The van der Waals surface area contributed by atoms with Crippen LogP contribution < -0.4 is 5.43 Å². The number of hydrogen-bond donors (Lipinski definition) is 1. The molecule has 2 aromatic carbocycles. The van der Waals surface area contributed by atoms with E-state index in [-0.39, 0.29) is 5.91 Å². The van der Waals surface area contributed by atoms with E-state index in [0.717, 1.165) is 32.4 Å². The summed E-state index contributed by atoms with van der Waals surface area (Å²) in [5, 5.41) is 1.99. The minimum atomic E-state index is -0.0300. The number of carbonyl (C=O) groups excluding carboxylic acids is 1. The Morgan fingerprint density at radius 2 is 1.79 bits per heavy atom. The Morgan fingerprint density at radius 1 is 1.04 bits per heavy atom. The molecule has 0 aliphatic carbocycles. The molecule has 0 spiro atoms. The molecule has 1 aliphatic heterocycles. The molecule has 0 saturated heterocycles. The van der Waals surface area contributed by atoms with Gasteiger partial charge in [0.25, 0.3) is 5.91 Å². The van der Waals surface area contributed by atoms with Gasteiger partial charge in [0.1, 0.15) is 0 Å². The van der Waals surface area contributed by atoms with E-state index in [4.69, 9.17) is 0 Å². The molecule has 0 bridgehead atoms. The van der Waals surface area contributed by atoms with Gasteiger partial charge >= 0.3 is 0 Å². The summed E-state index contributed by atoms with van der Waals surface area (Å²) in [7, 11) is 0. The molecule has 3 nitrogen and oxygen atoms in total. The van der Waals surface area contributed by atoms with Gasteiger partial charge in [0.05, 0.1) is 0 Å². The van der Waals surface area contributed by atoms with Crippen LogP contribution in [0.1, 0.15) is 34.8 Å². The second-order valence-corrected chi connectivity index (χ2v) is 6.21. The van der Waals surface area contributed by atoms with Gasteiger partial charge in [-0.05, 0) is 42.5 Å². The number of amides is 1. The summed E-state index contributed by atoms with van der Waals surface area (Å²) in [4.78, 5) is 12.3. The highest BCUT2D eigenvalue weighted by Crippen LogP contribution is 2.15. The van der Waals surface area contributed by atoms with Gasteiger partial charge in [-0.2, -0.15) is 0 Å². The zero-order valence-electron chi connectivity index (χ0n) is 14.2. The topological polar surface area (TPSA) is 32.3 Å². The largest absolute Gasteiger partial charge is 0.284 e. The number of hydrogen-bond acceptors (Lipinski definition) is 2. The average molecular weight is 320 g/mol. The lowest BCUT2D eigenvalue weighted by Gasteiger charge is -2.27. The highest BCUT2D eigenvalue weighted by molar-refractivity contribution is 5.93. The Morgan fingerprint density at radius 3 is 2.42 bits per heavy atom. The number of aryl methyl sites for hydroxylation is 1. The number of nitrogens with zero attached hydrogens (tertiary/aromatic N) is 1. The third-order valence-electron chi connectivity index (χ3n) is 4.46. The first-order valence-corrected chi connectivity index (χ1v) is 8.61. The second kappa shape index (κ2) is 7.93. The standard InChI is InChI=1S/C21H24N2O/c1-2-17-8-10-20(11-9-17)21(24)22-23-14-12-19(13-15-23)16-18-6-4-3-5-7-18/h3-12H,2,13-16H2,1H3,(H,22,24). The van der Waals surface area contributed by atoms with Crippen LogP contribution in [-0.4, -0.2) is 24.0 Å². The first kappa shape index (κ1) is 16.5. The summed E-state index contributed by atoms with van der Waals surface area (Å²) < 4.78 is 0. The zero-order valence-corrected chi connectivity index (χ0v) is 14.2. The highest BCUT2D eigenvalue weighted by Gasteiger charge is 2.15. The van der Waals surface area contributed by atoms with Crippen LogP contribution in [0.25, 0.3) is 0 Å². The molecule has 1 amide bonds. The van der Waals surface area contributed by atoms with E-state index in [0.29, 0.717) is 5.56 Å². The molecule has 124 valence electrons. The normalized spacial score (nSPS) is 15.0. The molecule has 1 N–H and O–H groups in total. The summed E-state index contributed by atoms with van der Waals surface area (Å²) in [5.41, 5.74) is 7.76. The predicted molar refractivity (Wildman–Crippen MR) is 97.7 cm³/mol. The van der Waals surface area contributed by atoms with E-state index in [2.05, 4.69) is 42.7 Å². The Kier molecular flexibility index (Phi) is 5.44. The van der Waals surface area contributed by atoms with E-state index >= 15 is 0 Å². The molecular formula is C21H24N2O. The van der Waals surface area contributed by atoms with Gasteiger partial charge in [-0.1, -0.05) is 61.0 Å². The molecule has 3 heteroatoms. The molecule has 0 radical (unpaired) electrons. The average Bonchev–Trinajstić information content (AvgIpc) is 2.64. The van der Waals surface area contributed by atoms with Crippen LogP contribution in [0.3, 0.4) is 0 Å². The van der Waals surface area contributed by atoms with Crippen molar-refractivity contribution in [2.45, 2.75) is 26.2 Å². The molecule has 1 heterocycles. The maximum atomic E-state index is 12.3. The Labute approximate surface area is 144 Å². The third kappa shape index (κ3) is 4.33. The number of benzene rings is 2. The van der Waals surface area contributed by atoms with E-state index < -0.39 is 0 Å². The predicted octanol–water partition coefficient (Wildman–Crippen LogP) is 3.77. The maximum absolute atomic E-state index is 12.3. The van der Waals surface area contributed by atoms with Crippen LogP contribution in [-0.2, 0) is 12.8 Å². The van der Waals surface area contributed by atoms with Gasteiger partial charge in [-0.3, -0.25) is 10.2 Å². The van der Waals surface area contributed by atoms with Crippen LogP contribution in [0.4, 0.5) is 0 Å². The van der Waals surface area contributed by atoms with Crippen LogP contribution in [0.15, 0.2) is 66.2 Å². The number of rotatable bonds is 5. The van der Waals surface area contributed by atoms with Crippen molar-refractivity contribution >= 4 is 5.91 Å². The maximum Gasteiger partial charge on any atom is 0.265 e. The summed E-state index contributed by atoms with van der Waals surface area (Å²) in [6.45, 7) is 3.74. The van der Waals surface area contributed by atoms with Crippen LogP contribution in [0.2, 0.25) is 0 Å². The molecule has 24 heavy (non-hydrogen) atoms. The van der Waals surface area contributed by atoms with Gasteiger partial charge in [0, 0.05) is 18.7 Å². The molecular weight excluding hydrogens is 296 g/mol. The van der Waals surface area contributed by atoms with E-state index in [9.17, 15) is 4.79 Å². The Bertz CT molecular complexity index is 704. The van der Waals surface area contributed by atoms with E-state index in [1.807, 2.05) is 35.3 Å². The fourth-order valence-corrected chi connectivity index (χ4v) is 2.93. The van der Waals surface area contributed by atoms with Gasteiger partial charge in [-0.15, -0.1) is 0 Å². The number of nitrogens with one attached hydrogen (secondary N) is 1. The van der Waals surface area contributed by atoms with Crippen molar-refractivity contribution in [2.24, 2.45) is 0 Å². The lowest BCUT2D eigenvalue weighted by molar-refractivity contribution is 0.0801. The second-order valence-electron chi connectivity index (χ2n) is 6.21. The fraction of sp³-hybridized carbons (Fsp3) is 0.286. The lowest BCUT2D eigenvalue weighted by atomic mass is 10.0. The van der Waals surface area contributed by atoms with Crippen LogP contribution in [0.5, 0.6) is 0 Å². The Hall–Kier alpha value is -2.39. The van der Waals surface area contributed by atoms with Crippen molar-refractivity contribution in [3.05, 3.63) is 82.9 Å². The molecule has 3 rings (SSSR count). The smallest absolute Gasteiger partial charge is 0.265 e. The summed E-state index contributed by atoms with van der Waals surface area (Å²) in [5.74, 6) is -0.0300. The third-order valence-corrected chi connectivity index (χ3v) is 4.46. The fourth-order valence-electron chi connectivity index (χ4n) is 2.93. The van der Waals surface area contributed by atoms with Crippen molar-refractivity contribution in [3.8, 4) is 0 Å². The molecule has 1 aliphatic rings. The van der Waals surface area contributed by atoms with Crippen molar-refractivity contribution in [1.82, 2.24) is 10.4 Å². The van der Waals surface area contributed by atoms with Gasteiger partial charge in [0.2, 0.25) is 0 Å².